The molecule has 0 amide bonds. The van der Waals surface area contributed by atoms with E-state index in [0.29, 0.717) is 5.56 Å². The Morgan fingerprint density at radius 2 is 2.12 bits per heavy atom. The van der Waals surface area contributed by atoms with Gasteiger partial charge in [0.25, 0.3) is 0 Å². The molecule has 0 radical (unpaired) electrons. The van der Waals surface area contributed by atoms with Crippen LogP contribution in [0, 0.1) is 12.7 Å². The van der Waals surface area contributed by atoms with E-state index in [1.54, 1.807) is 19.1 Å². The fourth-order valence-corrected chi connectivity index (χ4v) is 1.80. The number of morpholine rings is 1. The van der Waals surface area contributed by atoms with Gasteiger partial charge in [-0.2, -0.15) is 0 Å². The summed E-state index contributed by atoms with van der Waals surface area (Å²) in [5.41, 5.74) is 1.49. The molecular weight excluding hydrogens is 219 g/mol. The number of benzene rings is 1. The molecule has 1 heterocycles. The number of ether oxygens (including phenoxy) is 1. The third kappa shape index (κ3) is 2.97. The molecule has 0 spiro atoms. The Morgan fingerprint density at radius 3 is 2.76 bits per heavy atom. The molecule has 0 aliphatic carbocycles. The number of rotatable bonds is 3. The number of hydrogen-bond acceptors (Lipinski definition) is 3. The van der Waals surface area contributed by atoms with Gasteiger partial charge in [-0.15, -0.1) is 0 Å². The van der Waals surface area contributed by atoms with Crippen molar-refractivity contribution in [3.63, 3.8) is 0 Å². The van der Waals surface area contributed by atoms with E-state index in [1.165, 1.54) is 6.07 Å². The summed E-state index contributed by atoms with van der Waals surface area (Å²) in [6.45, 7) is 8.87. The topological polar surface area (TPSA) is 24.5 Å². The van der Waals surface area contributed by atoms with Gasteiger partial charge in [0.05, 0.1) is 19.0 Å². The number of halogens is 1. The van der Waals surface area contributed by atoms with Gasteiger partial charge in [-0.05, 0) is 30.7 Å². The first-order chi connectivity index (χ1) is 8.16. The molecule has 1 N–H and O–H groups in total. The maximum atomic E-state index is 13.1. The van der Waals surface area contributed by atoms with Crippen LogP contribution in [-0.4, -0.2) is 31.2 Å². The quantitative estimate of drug-likeness (QED) is 0.872. The van der Waals surface area contributed by atoms with Crippen molar-refractivity contribution in [1.82, 2.24) is 4.90 Å². The minimum absolute atomic E-state index is 0.187. The summed E-state index contributed by atoms with van der Waals surface area (Å²) in [6, 6.07) is 4.96. The van der Waals surface area contributed by atoms with Gasteiger partial charge in [-0.3, -0.25) is 0 Å². The molecule has 1 fully saturated rings. The first-order valence-electron chi connectivity index (χ1n) is 5.71. The fourth-order valence-electron chi connectivity index (χ4n) is 1.80. The smallest absolute Gasteiger partial charge is 0.126 e. The van der Waals surface area contributed by atoms with Gasteiger partial charge in [0.2, 0.25) is 0 Å². The molecule has 92 valence electrons. The highest BCUT2D eigenvalue weighted by Crippen LogP contribution is 2.16. The highest BCUT2D eigenvalue weighted by molar-refractivity contribution is 5.49. The third-order valence-corrected chi connectivity index (χ3v) is 2.84. The van der Waals surface area contributed by atoms with Crippen molar-refractivity contribution in [3.05, 3.63) is 42.0 Å². The molecule has 17 heavy (non-hydrogen) atoms. The Labute approximate surface area is 101 Å². The Hall–Kier alpha value is -1.55. The van der Waals surface area contributed by atoms with Crippen LogP contribution in [0.2, 0.25) is 0 Å². The molecule has 0 atom stereocenters. The highest BCUT2D eigenvalue weighted by Gasteiger charge is 2.12. The van der Waals surface area contributed by atoms with E-state index < -0.39 is 0 Å². The molecule has 0 bridgehead atoms. The van der Waals surface area contributed by atoms with E-state index in [1.807, 2.05) is 0 Å². The number of anilines is 1. The molecule has 1 aromatic carbocycles. The van der Waals surface area contributed by atoms with Gasteiger partial charge in [-0.25, -0.2) is 4.39 Å². The first-order valence-corrected chi connectivity index (χ1v) is 5.71. The second-order valence-corrected chi connectivity index (χ2v) is 4.14. The van der Waals surface area contributed by atoms with Crippen LogP contribution >= 0.6 is 0 Å². The number of nitrogens with one attached hydrogen (secondary N) is 1. The largest absolute Gasteiger partial charge is 0.378 e. The predicted molar refractivity (Wildman–Crippen MR) is 66.3 cm³/mol. The summed E-state index contributed by atoms with van der Waals surface area (Å²) in [6.07, 6.45) is 0. The van der Waals surface area contributed by atoms with E-state index in [2.05, 4.69) is 16.8 Å². The lowest BCUT2D eigenvalue weighted by Crippen LogP contribution is -2.37. The molecule has 2 rings (SSSR count). The molecule has 1 aliphatic rings. The average Bonchev–Trinajstić information content (AvgIpc) is 2.35. The predicted octanol–water partition coefficient (Wildman–Crippen LogP) is 2.35. The summed E-state index contributed by atoms with van der Waals surface area (Å²) >= 11 is 0. The lowest BCUT2D eigenvalue weighted by molar-refractivity contribution is 0.0545. The van der Waals surface area contributed by atoms with E-state index in [9.17, 15) is 4.39 Å². The Morgan fingerprint density at radius 1 is 1.41 bits per heavy atom. The van der Waals surface area contributed by atoms with E-state index in [-0.39, 0.29) is 5.82 Å². The van der Waals surface area contributed by atoms with Gasteiger partial charge < -0.3 is 15.0 Å². The molecule has 0 unspecified atom stereocenters. The maximum Gasteiger partial charge on any atom is 0.126 e. The lowest BCUT2D eigenvalue weighted by atomic mass is 10.2. The summed E-state index contributed by atoms with van der Waals surface area (Å²) in [5.74, 6) is 0.645. The summed E-state index contributed by atoms with van der Waals surface area (Å²) in [5, 5.41) is 3.19. The van der Waals surface area contributed by atoms with Crippen molar-refractivity contribution >= 4 is 5.69 Å². The minimum atomic E-state index is -0.187. The van der Waals surface area contributed by atoms with Gasteiger partial charge in [-0.1, -0.05) is 6.58 Å². The van der Waals surface area contributed by atoms with Gasteiger partial charge in [0.15, 0.2) is 0 Å². The van der Waals surface area contributed by atoms with Crippen molar-refractivity contribution < 1.29 is 9.13 Å². The number of nitrogens with zero attached hydrogens (tertiary/aromatic N) is 1. The molecule has 3 nitrogen and oxygen atoms in total. The maximum absolute atomic E-state index is 13.1. The van der Waals surface area contributed by atoms with E-state index in [0.717, 1.165) is 37.8 Å². The second kappa shape index (κ2) is 5.19. The molecule has 1 aliphatic heterocycles. The fraction of sp³-hybridized carbons (Fsp3) is 0.385. The highest BCUT2D eigenvalue weighted by atomic mass is 19.1. The van der Waals surface area contributed by atoms with Crippen LogP contribution in [0.5, 0.6) is 0 Å². The van der Waals surface area contributed by atoms with E-state index >= 15 is 0 Å². The molecule has 0 saturated carbocycles. The van der Waals surface area contributed by atoms with Gasteiger partial charge >= 0.3 is 0 Å². The zero-order chi connectivity index (χ0) is 12.3. The second-order valence-electron chi connectivity index (χ2n) is 4.14. The van der Waals surface area contributed by atoms with Crippen LogP contribution in [-0.2, 0) is 4.74 Å². The minimum Gasteiger partial charge on any atom is -0.378 e. The Balaban J connectivity index is 1.99. The van der Waals surface area contributed by atoms with Gasteiger partial charge in [0.1, 0.15) is 5.82 Å². The van der Waals surface area contributed by atoms with Crippen molar-refractivity contribution in [3.8, 4) is 0 Å². The SMILES string of the molecule is C=C(Nc1ccc(F)c(C)c1)N1CCOCC1. The number of aryl methyl sites for hydroxylation is 1. The molecule has 1 saturated heterocycles. The normalized spacial score (nSPS) is 15.8. The monoisotopic (exact) mass is 236 g/mol. The van der Waals surface area contributed by atoms with Crippen molar-refractivity contribution in [2.75, 3.05) is 31.6 Å². The average molecular weight is 236 g/mol. The number of hydrogen-bond donors (Lipinski definition) is 1. The van der Waals surface area contributed by atoms with Crippen LogP contribution in [0.1, 0.15) is 5.56 Å². The standard InChI is InChI=1S/C13H17FN2O/c1-10-9-12(3-4-13(10)14)15-11(2)16-5-7-17-8-6-16/h3-4,9,15H,2,5-8H2,1H3. The van der Waals surface area contributed by atoms with Crippen molar-refractivity contribution in [2.45, 2.75) is 6.92 Å². The van der Waals surface area contributed by atoms with Crippen molar-refractivity contribution in [1.29, 1.82) is 0 Å². The molecule has 0 aromatic heterocycles. The first kappa shape index (κ1) is 11.9. The third-order valence-electron chi connectivity index (χ3n) is 2.84. The summed E-state index contributed by atoms with van der Waals surface area (Å²) in [7, 11) is 0. The van der Waals surface area contributed by atoms with Crippen molar-refractivity contribution in [2.24, 2.45) is 0 Å². The van der Waals surface area contributed by atoms with Crippen LogP contribution in [0.15, 0.2) is 30.6 Å². The molecular formula is C13H17FN2O. The van der Waals surface area contributed by atoms with Crippen LogP contribution in [0.3, 0.4) is 0 Å². The summed E-state index contributed by atoms with van der Waals surface area (Å²) in [4.78, 5) is 2.13. The van der Waals surface area contributed by atoms with Gasteiger partial charge in [0, 0.05) is 18.8 Å². The zero-order valence-electron chi connectivity index (χ0n) is 10.0. The molecule has 1 aromatic rings. The Bertz CT molecular complexity index is 414. The summed E-state index contributed by atoms with van der Waals surface area (Å²) < 4.78 is 18.4. The van der Waals surface area contributed by atoms with Crippen LogP contribution in [0.4, 0.5) is 10.1 Å². The molecule has 4 heteroatoms. The van der Waals surface area contributed by atoms with E-state index in [4.69, 9.17) is 4.74 Å². The Kier molecular flexibility index (Phi) is 3.64. The van der Waals surface area contributed by atoms with Crippen LogP contribution in [0.25, 0.3) is 0 Å². The van der Waals surface area contributed by atoms with Crippen LogP contribution < -0.4 is 5.32 Å². The lowest BCUT2D eigenvalue weighted by Gasteiger charge is -2.30. The zero-order valence-corrected chi connectivity index (χ0v) is 10.0.